The molecule has 1 saturated heterocycles. The minimum atomic E-state index is 0.297. The Labute approximate surface area is 154 Å². The fourth-order valence-electron chi connectivity index (χ4n) is 3.65. The molecule has 26 heavy (non-hydrogen) atoms. The number of ether oxygens (including phenoxy) is 2. The van der Waals surface area contributed by atoms with E-state index in [9.17, 15) is 0 Å². The number of hydrogen-bond donors (Lipinski definition) is 1. The topological polar surface area (TPSA) is 59.5 Å². The molecule has 138 valence electrons. The third-order valence-electron chi connectivity index (χ3n) is 5.13. The van der Waals surface area contributed by atoms with Gasteiger partial charge in [-0.3, -0.25) is 4.90 Å². The maximum atomic E-state index is 5.61. The van der Waals surface area contributed by atoms with Crippen LogP contribution in [0.3, 0.4) is 0 Å². The van der Waals surface area contributed by atoms with Crippen LogP contribution in [0.4, 0.5) is 5.95 Å². The van der Waals surface area contributed by atoms with Crippen molar-refractivity contribution in [3.63, 3.8) is 0 Å². The average Bonchev–Trinajstić information content (AvgIpc) is 3.21. The van der Waals surface area contributed by atoms with Gasteiger partial charge in [0, 0.05) is 50.7 Å². The number of rotatable bonds is 6. The van der Waals surface area contributed by atoms with Crippen molar-refractivity contribution in [3.8, 4) is 5.75 Å². The highest BCUT2D eigenvalue weighted by Crippen LogP contribution is 2.24. The maximum Gasteiger partial charge on any atom is 0.222 e. The molecular formula is C20H26N4O2. The zero-order chi connectivity index (χ0) is 17.8. The van der Waals surface area contributed by atoms with Crippen LogP contribution in [-0.2, 0) is 24.2 Å². The first-order chi connectivity index (χ1) is 12.8. The Kier molecular flexibility index (Phi) is 5.32. The van der Waals surface area contributed by atoms with Crippen LogP contribution >= 0.6 is 0 Å². The molecule has 0 aliphatic carbocycles. The van der Waals surface area contributed by atoms with E-state index in [1.165, 1.54) is 11.1 Å². The Morgan fingerprint density at radius 1 is 1.27 bits per heavy atom. The Morgan fingerprint density at radius 2 is 2.15 bits per heavy atom. The van der Waals surface area contributed by atoms with Crippen LogP contribution in [-0.4, -0.2) is 47.8 Å². The molecule has 2 aromatic rings. The average molecular weight is 354 g/mol. The summed E-state index contributed by atoms with van der Waals surface area (Å²) in [6, 6.07) is 6.37. The number of benzene rings is 1. The number of fused-ring (bicyclic) bond motifs is 1. The second-order valence-electron chi connectivity index (χ2n) is 7.03. The van der Waals surface area contributed by atoms with E-state index in [4.69, 9.17) is 9.47 Å². The minimum Gasteiger partial charge on any atom is -0.497 e. The van der Waals surface area contributed by atoms with Gasteiger partial charge in [0.25, 0.3) is 0 Å². The summed E-state index contributed by atoms with van der Waals surface area (Å²) in [7, 11) is 1.72. The van der Waals surface area contributed by atoms with Gasteiger partial charge in [0.05, 0.1) is 13.2 Å². The molecule has 1 N–H and O–H groups in total. The Bertz CT molecular complexity index is 729. The monoisotopic (exact) mass is 354 g/mol. The van der Waals surface area contributed by atoms with Gasteiger partial charge in [-0.05, 0) is 42.5 Å². The van der Waals surface area contributed by atoms with Gasteiger partial charge < -0.3 is 14.8 Å². The first-order valence-corrected chi connectivity index (χ1v) is 9.35. The number of methoxy groups -OCH3 is 1. The molecule has 1 atom stereocenters. The molecule has 2 aliphatic heterocycles. The molecule has 6 nitrogen and oxygen atoms in total. The van der Waals surface area contributed by atoms with Crippen LogP contribution in [0, 0.1) is 0 Å². The highest BCUT2D eigenvalue weighted by atomic mass is 16.5. The fourth-order valence-corrected chi connectivity index (χ4v) is 3.65. The summed E-state index contributed by atoms with van der Waals surface area (Å²) < 4.78 is 10.9. The van der Waals surface area contributed by atoms with Gasteiger partial charge in [0.1, 0.15) is 5.75 Å². The lowest BCUT2D eigenvalue weighted by Gasteiger charge is -2.28. The second kappa shape index (κ2) is 8.01. The molecule has 4 rings (SSSR count). The van der Waals surface area contributed by atoms with Crippen molar-refractivity contribution in [3.05, 3.63) is 47.3 Å². The van der Waals surface area contributed by atoms with Gasteiger partial charge in [-0.2, -0.15) is 0 Å². The quantitative estimate of drug-likeness (QED) is 0.861. The molecule has 2 aliphatic rings. The van der Waals surface area contributed by atoms with Gasteiger partial charge in [-0.25, -0.2) is 9.97 Å². The highest BCUT2D eigenvalue weighted by Gasteiger charge is 2.18. The minimum absolute atomic E-state index is 0.297. The molecule has 3 heterocycles. The summed E-state index contributed by atoms with van der Waals surface area (Å²) >= 11 is 0. The predicted molar refractivity (Wildman–Crippen MR) is 100 cm³/mol. The fraction of sp³-hybridized carbons (Fsp3) is 0.500. The van der Waals surface area contributed by atoms with Crippen molar-refractivity contribution in [2.75, 3.05) is 32.1 Å². The predicted octanol–water partition coefficient (Wildman–Crippen LogP) is 2.63. The molecular weight excluding hydrogens is 328 g/mol. The number of anilines is 1. The number of aromatic nitrogens is 2. The smallest absolute Gasteiger partial charge is 0.222 e. The van der Waals surface area contributed by atoms with E-state index >= 15 is 0 Å². The van der Waals surface area contributed by atoms with Crippen molar-refractivity contribution in [1.29, 1.82) is 0 Å². The van der Waals surface area contributed by atoms with E-state index in [2.05, 4.69) is 32.3 Å². The Balaban J connectivity index is 1.31. The Hall–Kier alpha value is -2.18. The molecule has 6 heteroatoms. The normalized spacial score (nSPS) is 20.0. The van der Waals surface area contributed by atoms with Crippen LogP contribution in [0.5, 0.6) is 5.75 Å². The summed E-state index contributed by atoms with van der Waals surface area (Å²) in [5.41, 5.74) is 3.92. The molecule has 1 fully saturated rings. The first-order valence-electron chi connectivity index (χ1n) is 9.35. The molecule has 0 amide bonds. The number of nitrogens with zero attached hydrogens (tertiary/aromatic N) is 3. The molecule has 1 aromatic carbocycles. The third-order valence-corrected chi connectivity index (χ3v) is 5.13. The van der Waals surface area contributed by atoms with Crippen molar-refractivity contribution >= 4 is 5.95 Å². The van der Waals surface area contributed by atoms with Crippen molar-refractivity contribution < 1.29 is 9.47 Å². The van der Waals surface area contributed by atoms with Gasteiger partial charge >= 0.3 is 0 Å². The molecule has 0 bridgehead atoms. The van der Waals surface area contributed by atoms with Crippen LogP contribution in [0.25, 0.3) is 0 Å². The lowest BCUT2D eigenvalue weighted by Crippen LogP contribution is -2.30. The van der Waals surface area contributed by atoms with Crippen LogP contribution in [0.2, 0.25) is 0 Å². The van der Waals surface area contributed by atoms with E-state index in [-0.39, 0.29) is 0 Å². The van der Waals surface area contributed by atoms with Crippen LogP contribution < -0.4 is 10.1 Å². The molecule has 0 radical (unpaired) electrons. The highest BCUT2D eigenvalue weighted by molar-refractivity contribution is 5.37. The van der Waals surface area contributed by atoms with Gasteiger partial charge in [0.15, 0.2) is 0 Å². The van der Waals surface area contributed by atoms with E-state index in [1.807, 2.05) is 18.5 Å². The largest absolute Gasteiger partial charge is 0.497 e. The first kappa shape index (κ1) is 17.2. The molecule has 0 saturated carbocycles. The van der Waals surface area contributed by atoms with E-state index in [0.29, 0.717) is 12.1 Å². The van der Waals surface area contributed by atoms with Gasteiger partial charge in [0.2, 0.25) is 5.95 Å². The third kappa shape index (κ3) is 4.14. The molecule has 1 aromatic heterocycles. The standard InChI is InChI=1S/C20H26N4O2/c1-25-18-5-4-17-14-24(7-6-16(17)9-18)13-15-10-21-20(22-11-15)23-12-19-3-2-8-26-19/h4-5,9-11,19H,2-3,6-8,12-14H2,1H3,(H,21,22,23). The summed E-state index contributed by atoms with van der Waals surface area (Å²) in [5.74, 6) is 1.62. The lowest BCUT2D eigenvalue weighted by atomic mass is 9.99. The van der Waals surface area contributed by atoms with Crippen LogP contribution in [0.15, 0.2) is 30.6 Å². The zero-order valence-electron chi connectivity index (χ0n) is 15.3. The zero-order valence-corrected chi connectivity index (χ0v) is 15.3. The van der Waals surface area contributed by atoms with E-state index in [1.54, 1.807) is 7.11 Å². The van der Waals surface area contributed by atoms with Gasteiger partial charge in [-0.15, -0.1) is 0 Å². The number of nitrogens with one attached hydrogen (secondary N) is 1. The van der Waals surface area contributed by atoms with Crippen molar-refractivity contribution in [1.82, 2.24) is 14.9 Å². The maximum absolute atomic E-state index is 5.61. The summed E-state index contributed by atoms with van der Waals surface area (Å²) in [6.07, 6.45) is 7.47. The molecule has 1 unspecified atom stereocenters. The Morgan fingerprint density at radius 3 is 2.92 bits per heavy atom. The summed E-state index contributed by atoms with van der Waals surface area (Å²) in [5, 5.41) is 3.27. The SMILES string of the molecule is COc1ccc2c(c1)CCN(Cc1cnc(NCC3CCCO3)nc1)C2. The van der Waals surface area contributed by atoms with Crippen LogP contribution in [0.1, 0.15) is 29.5 Å². The summed E-state index contributed by atoms with van der Waals surface area (Å²) in [4.78, 5) is 11.3. The van der Waals surface area contributed by atoms with Crippen molar-refractivity contribution in [2.24, 2.45) is 0 Å². The van der Waals surface area contributed by atoms with Crippen molar-refractivity contribution in [2.45, 2.75) is 38.5 Å². The summed E-state index contributed by atoms with van der Waals surface area (Å²) in [6.45, 7) is 4.53. The lowest BCUT2D eigenvalue weighted by molar-refractivity contribution is 0.120. The second-order valence-corrected chi connectivity index (χ2v) is 7.03. The van der Waals surface area contributed by atoms with E-state index in [0.717, 1.165) is 63.4 Å². The number of hydrogen-bond acceptors (Lipinski definition) is 6. The van der Waals surface area contributed by atoms with Gasteiger partial charge in [-0.1, -0.05) is 6.07 Å². The van der Waals surface area contributed by atoms with E-state index < -0.39 is 0 Å². The molecule has 0 spiro atoms.